The maximum atomic E-state index is 13.8. The second-order valence-corrected chi connectivity index (χ2v) is 8.84. The summed E-state index contributed by atoms with van der Waals surface area (Å²) in [7, 11) is 0. The summed E-state index contributed by atoms with van der Waals surface area (Å²) in [6.45, 7) is 11.1. The highest BCUT2D eigenvalue weighted by Gasteiger charge is 2.25. The number of amides is 1. The molecule has 3 heterocycles. The van der Waals surface area contributed by atoms with Crippen LogP contribution in [0.3, 0.4) is 0 Å². The number of aryl methyl sites for hydroxylation is 2. The summed E-state index contributed by atoms with van der Waals surface area (Å²) in [5.74, 6) is 0.324. The van der Waals surface area contributed by atoms with Gasteiger partial charge in [0.05, 0.1) is 43.0 Å². The number of nitrogens with zero attached hydrogens (tertiary/aromatic N) is 3. The number of carbonyl (C=O) groups is 1. The van der Waals surface area contributed by atoms with Gasteiger partial charge in [0.1, 0.15) is 22.8 Å². The van der Waals surface area contributed by atoms with Gasteiger partial charge in [0.15, 0.2) is 0 Å². The van der Waals surface area contributed by atoms with E-state index in [4.69, 9.17) is 0 Å². The van der Waals surface area contributed by atoms with Crippen LogP contribution in [-0.4, -0.2) is 48.6 Å². The van der Waals surface area contributed by atoms with E-state index in [9.17, 15) is 9.18 Å². The molecule has 30 heavy (non-hydrogen) atoms. The van der Waals surface area contributed by atoms with Gasteiger partial charge in [-0.25, -0.2) is 14.4 Å². The molecule has 1 amide bonds. The molecule has 2 N–H and O–H groups in total. The van der Waals surface area contributed by atoms with Gasteiger partial charge >= 0.3 is 0 Å². The maximum Gasteiger partial charge on any atom is 0.266 e. The van der Waals surface area contributed by atoms with Crippen LogP contribution in [-0.2, 0) is 0 Å². The summed E-state index contributed by atoms with van der Waals surface area (Å²) in [4.78, 5) is 27.2. The number of anilines is 2. The van der Waals surface area contributed by atoms with E-state index < -0.39 is 0 Å². The lowest BCUT2D eigenvalue weighted by molar-refractivity contribution is -0.900. The van der Waals surface area contributed by atoms with E-state index >= 15 is 0 Å². The first-order chi connectivity index (χ1) is 14.5. The minimum absolute atomic E-state index is 0.248. The van der Waals surface area contributed by atoms with Crippen LogP contribution in [0, 0.1) is 19.7 Å². The lowest BCUT2D eigenvalue weighted by atomic mass is 10.1. The van der Waals surface area contributed by atoms with Crippen molar-refractivity contribution < 1.29 is 14.1 Å². The zero-order valence-corrected chi connectivity index (χ0v) is 18.4. The average molecular weight is 429 g/mol. The predicted octanol–water partition coefficient (Wildman–Crippen LogP) is 2.81. The lowest BCUT2D eigenvalue weighted by Gasteiger charge is -2.33. The molecule has 0 atom stereocenters. The molecule has 1 aliphatic rings. The molecule has 2 aromatic heterocycles. The highest BCUT2D eigenvalue weighted by molar-refractivity contribution is 7.20. The molecule has 0 radical (unpaired) electrons. The van der Waals surface area contributed by atoms with Crippen molar-refractivity contribution in [1.82, 2.24) is 9.97 Å². The number of aromatic nitrogens is 2. The van der Waals surface area contributed by atoms with E-state index in [2.05, 4.69) is 27.1 Å². The monoisotopic (exact) mass is 428 g/mol. The Bertz CT molecular complexity index is 1070. The van der Waals surface area contributed by atoms with Crippen LogP contribution in [0.25, 0.3) is 10.2 Å². The molecule has 0 unspecified atom stereocenters. The summed E-state index contributed by atoms with van der Waals surface area (Å²) >= 11 is 1.36. The second kappa shape index (κ2) is 8.65. The van der Waals surface area contributed by atoms with E-state index in [0.29, 0.717) is 16.1 Å². The van der Waals surface area contributed by atoms with Crippen molar-refractivity contribution in [2.45, 2.75) is 27.2 Å². The van der Waals surface area contributed by atoms with Gasteiger partial charge in [-0.3, -0.25) is 4.79 Å². The second-order valence-electron chi connectivity index (χ2n) is 7.84. The average Bonchev–Trinajstić information content (AvgIpc) is 3.09. The standard InChI is InChI=1S/C22H26FN5OS/c1-4-7-27-8-10-28(11-9-27)20-18-15(3)19(30-22(18)25-13-24-20)21(29)26-16-6-5-14(2)17(23)12-16/h5-6,12-13H,4,7-11H2,1-3H3,(H,26,29)/p+1. The maximum absolute atomic E-state index is 13.8. The Morgan fingerprint density at radius 3 is 2.73 bits per heavy atom. The number of halogens is 1. The molecule has 3 aromatic rings. The van der Waals surface area contributed by atoms with E-state index in [1.165, 1.54) is 30.4 Å². The van der Waals surface area contributed by atoms with Gasteiger partial charge in [0.25, 0.3) is 5.91 Å². The Morgan fingerprint density at radius 1 is 1.27 bits per heavy atom. The Balaban J connectivity index is 1.60. The molecule has 0 bridgehead atoms. The Labute approximate surface area is 179 Å². The molecular formula is C22H27FN5OS+. The first-order valence-corrected chi connectivity index (χ1v) is 11.2. The summed E-state index contributed by atoms with van der Waals surface area (Å²) in [5.41, 5.74) is 1.87. The summed E-state index contributed by atoms with van der Waals surface area (Å²) in [5, 5.41) is 3.76. The first kappa shape index (κ1) is 20.7. The van der Waals surface area contributed by atoms with Gasteiger partial charge in [0.2, 0.25) is 0 Å². The first-order valence-electron chi connectivity index (χ1n) is 10.4. The number of carbonyl (C=O) groups excluding carboxylic acids is 1. The smallest absolute Gasteiger partial charge is 0.266 e. The van der Waals surface area contributed by atoms with Crippen molar-refractivity contribution in [3.8, 4) is 0 Å². The molecule has 1 fully saturated rings. The number of benzene rings is 1. The number of quaternary nitrogens is 1. The van der Waals surface area contributed by atoms with E-state index in [-0.39, 0.29) is 11.7 Å². The molecule has 0 aliphatic carbocycles. The highest BCUT2D eigenvalue weighted by Crippen LogP contribution is 2.35. The van der Waals surface area contributed by atoms with E-state index in [0.717, 1.165) is 47.8 Å². The zero-order valence-electron chi connectivity index (χ0n) is 17.6. The molecular weight excluding hydrogens is 401 g/mol. The third-order valence-corrected chi connectivity index (χ3v) is 6.91. The topological polar surface area (TPSA) is 62.6 Å². The predicted molar refractivity (Wildman–Crippen MR) is 119 cm³/mol. The van der Waals surface area contributed by atoms with Crippen LogP contribution >= 0.6 is 11.3 Å². The van der Waals surface area contributed by atoms with Gasteiger partial charge in [-0.2, -0.15) is 0 Å². The molecule has 1 saturated heterocycles. The van der Waals surface area contributed by atoms with Crippen molar-refractivity contribution in [2.75, 3.05) is 42.9 Å². The van der Waals surface area contributed by atoms with Gasteiger partial charge in [-0.15, -0.1) is 11.3 Å². The number of thiophene rings is 1. The normalized spacial score (nSPS) is 15.0. The van der Waals surface area contributed by atoms with Crippen LogP contribution in [0.5, 0.6) is 0 Å². The third-order valence-electron chi connectivity index (χ3n) is 5.72. The van der Waals surface area contributed by atoms with Crippen LogP contribution in [0.2, 0.25) is 0 Å². The van der Waals surface area contributed by atoms with Crippen molar-refractivity contribution >= 4 is 39.0 Å². The lowest BCUT2D eigenvalue weighted by Crippen LogP contribution is -3.14. The fourth-order valence-corrected chi connectivity index (χ4v) is 5.04. The third kappa shape index (κ3) is 4.02. The largest absolute Gasteiger partial charge is 0.345 e. The SMILES string of the molecule is CCC[NH+]1CCN(c2ncnc3sc(C(=O)Nc4ccc(C)c(F)c4)c(C)c23)CC1. The molecule has 8 heteroatoms. The molecule has 0 saturated carbocycles. The number of hydrogen-bond donors (Lipinski definition) is 2. The molecule has 1 aliphatic heterocycles. The minimum Gasteiger partial charge on any atom is -0.345 e. The minimum atomic E-state index is -0.335. The van der Waals surface area contributed by atoms with Gasteiger partial charge in [-0.1, -0.05) is 13.0 Å². The van der Waals surface area contributed by atoms with Crippen LogP contribution in [0.15, 0.2) is 24.5 Å². The Morgan fingerprint density at radius 2 is 2.03 bits per heavy atom. The number of hydrogen-bond acceptors (Lipinski definition) is 5. The van der Waals surface area contributed by atoms with Crippen molar-refractivity contribution in [3.05, 3.63) is 46.3 Å². The van der Waals surface area contributed by atoms with Crippen LogP contribution in [0.4, 0.5) is 15.9 Å². The Hall–Kier alpha value is -2.58. The fourth-order valence-electron chi connectivity index (χ4n) is 4.01. The number of fused-ring (bicyclic) bond motifs is 1. The quantitative estimate of drug-likeness (QED) is 0.656. The molecule has 6 nitrogen and oxygen atoms in total. The number of rotatable bonds is 5. The number of piperazine rings is 1. The molecule has 4 rings (SSSR count). The summed E-state index contributed by atoms with van der Waals surface area (Å²) < 4.78 is 13.8. The van der Waals surface area contributed by atoms with Crippen LogP contribution in [0.1, 0.15) is 34.1 Å². The molecule has 158 valence electrons. The van der Waals surface area contributed by atoms with Crippen molar-refractivity contribution in [3.63, 3.8) is 0 Å². The van der Waals surface area contributed by atoms with Crippen LogP contribution < -0.4 is 15.1 Å². The van der Waals surface area contributed by atoms with Crippen molar-refractivity contribution in [1.29, 1.82) is 0 Å². The van der Waals surface area contributed by atoms with E-state index in [1.807, 2.05) is 6.92 Å². The molecule has 1 aromatic carbocycles. The number of nitrogens with one attached hydrogen (secondary N) is 2. The summed E-state index contributed by atoms with van der Waals surface area (Å²) in [6.07, 6.45) is 2.77. The molecule has 0 spiro atoms. The van der Waals surface area contributed by atoms with E-state index in [1.54, 1.807) is 30.3 Å². The highest BCUT2D eigenvalue weighted by atomic mass is 32.1. The van der Waals surface area contributed by atoms with Gasteiger partial charge < -0.3 is 15.1 Å². The van der Waals surface area contributed by atoms with Gasteiger partial charge in [-0.05, 0) is 43.5 Å². The van der Waals surface area contributed by atoms with Crippen molar-refractivity contribution in [2.24, 2.45) is 0 Å². The zero-order chi connectivity index (χ0) is 21.3. The van der Waals surface area contributed by atoms with Gasteiger partial charge in [0, 0.05) is 5.69 Å². The summed E-state index contributed by atoms with van der Waals surface area (Å²) in [6, 6.07) is 4.72. The fraction of sp³-hybridized carbons (Fsp3) is 0.409. The Kier molecular flexibility index (Phi) is 5.97.